The van der Waals surface area contributed by atoms with Gasteiger partial charge in [-0.1, -0.05) is 54.1 Å². The number of nitrogens with zero attached hydrogens (tertiary/aromatic N) is 1. The van der Waals surface area contributed by atoms with Gasteiger partial charge in [0.1, 0.15) is 0 Å². The van der Waals surface area contributed by atoms with E-state index >= 15 is 0 Å². The molecule has 0 bridgehead atoms. The lowest BCUT2D eigenvalue weighted by atomic mass is 10.2. The largest absolute Gasteiger partial charge is 0.279 e. The van der Waals surface area contributed by atoms with E-state index < -0.39 is 0 Å². The zero-order chi connectivity index (χ0) is 10.5. The minimum absolute atomic E-state index is 0.671. The van der Waals surface area contributed by atoms with Gasteiger partial charge in [-0.05, 0) is 17.7 Å². The van der Waals surface area contributed by atoms with Gasteiger partial charge in [-0.3, -0.25) is 5.32 Å². The summed E-state index contributed by atoms with van der Waals surface area (Å²) in [6, 6.07) is 17.8. The number of benzene rings is 2. The summed E-state index contributed by atoms with van der Waals surface area (Å²) in [5, 5.41) is 5.15. The second-order valence-corrected chi connectivity index (χ2v) is 3.66. The van der Waals surface area contributed by atoms with Gasteiger partial charge in [-0.15, -0.1) is 0 Å². The molecule has 0 saturated heterocycles. The van der Waals surface area contributed by atoms with Gasteiger partial charge in [0.15, 0.2) is 0 Å². The fraction of sp³-hybridized carbons (Fsp3) is 0.0769. The molecular formula is C13H11ClN. The van der Waals surface area contributed by atoms with Crippen molar-refractivity contribution in [1.29, 1.82) is 0 Å². The molecule has 2 aromatic rings. The van der Waals surface area contributed by atoms with Crippen LogP contribution in [0.5, 0.6) is 0 Å². The number of para-hydroxylation sites is 1. The predicted molar refractivity (Wildman–Crippen MR) is 63.4 cm³/mol. The number of hydrogen-bond acceptors (Lipinski definition) is 0. The average Bonchev–Trinajstić information content (AvgIpc) is 2.29. The predicted octanol–water partition coefficient (Wildman–Crippen LogP) is 3.78. The Morgan fingerprint density at radius 2 is 1.53 bits per heavy atom. The van der Waals surface area contributed by atoms with Crippen molar-refractivity contribution >= 4 is 17.3 Å². The first kappa shape index (κ1) is 10.1. The molecule has 15 heavy (non-hydrogen) atoms. The molecule has 2 aromatic carbocycles. The minimum Gasteiger partial charge on any atom is -0.279 e. The molecule has 0 spiro atoms. The van der Waals surface area contributed by atoms with Crippen LogP contribution in [0.3, 0.4) is 0 Å². The van der Waals surface area contributed by atoms with E-state index in [9.17, 15) is 0 Å². The highest BCUT2D eigenvalue weighted by Crippen LogP contribution is 2.21. The normalized spacial score (nSPS) is 9.93. The Balaban J connectivity index is 2.03. The summed E-state index contributed by atoms with van der Waals surface area (Å²) < 4.78 is 0. The molecule has 1 nitrogen and oxygen atoms in total. The summed E-state index contributed by atoms with van der Waals surface area (Å²) in [4.78, 5) is 0. The van der Waals surface area contributed by atoms with Gasteiger partial charge in [-0.2, -0.15) is 0 Å². The van der Waals surface area contributed by atoms with Crippen molar-refractivity contribution in [3.05, 3.63) is 65.2 Å². The lowest BCUT2D eigenvalue weighted by Crippen LogP contribution is -1.97. The van der Waals surface area contributed by atoms with Crippen molar-refractivity contribution in [2.24, 2.45) is 0 Å². The highest BCUT2D eigenvalue weighted by molar-refractivity contribution is 6.32. The first-order valence-electron chi connectivity index (χ1n) is 4.82. The molecule has 0 amide bonds. The number of hydrogen-bond donors (Lipinski definition) is 0. The molecule has 0 aliphatic rings. The topological polar surface area (TPSA) is 14.1 Å². The molecule has 0 aliphatic heterocycles. The fourth-order valence-electron chi connectivity index (χ4n) is 1.34. The van der Waals surface area contributed by atoms with Gasteiger partial charge < -0.3 is 0 Å². The molecule has 75 valence electrons. The zero-order valence-electron chi connectivity index (χ0n) is 8.23. The Morgan fingerprint density at radius 3 is 2.27 bits per heavy atom. The van der Waals surface area contributed by atoms with E-state index in [1.54, 1.807) is 0 Å². The zero-order valence-corrected chi connectivity index (χ0v) is 8.98. The molecular weight excluding hydrogens is 206 g/mol. The van der Waals surface area contributed by atoms with Crippen molar-refractivity contribution in [2.75, 3.05) is 0 Å². The van der Waals surface area contributed by atoms with E-state index in [-0.39, 0.29) is 0 Å². The molecule has 0 aromatic heterocycles. The van der Waals surface area contributed by atoms with Crippen LogP contribution < -0.4 is 5.32 Å². The molecule has 0 N–H and O–H groups in total. The van der Waals surface area contributed by atoms with Gasteiger partial charge in [-0.25, -0.2) is 0 Å². The van der Waals surface area contributed by atoms with Gasteiger partial charge in [0.2, 0.25) is 0 Å². The second kappa shape index (κ2) is 4.85. The first-order chi connectivity index (χ1) is 7.36. The quantitative estimate of drug-likeness (QED) is 0.742. The van der Waals surface area contributed by atoms with E-state index in [1.807, 2.05) is 42.5 Å². The highest BCUT2D eigenvalue weighted by Gasteiger charge is 1.99. The number of halogens is 1. The maximum absolute atomic E-state index is 6.00. The van der Waals surface area contributed by atoms with Crippen molar-refractivity contribution in [3.8, 4) is 0 Å². The lowest BCUT2D eigenvalue weighted by Gasteiger charge is -2.04. The summed E-state index contributed by atoms with van der Waals surface area (Å²) in [5.74, 6) is 0. The minimum atomic E-state index is 0.671. The molecule has 0 unspecified atom stereocenters. The van der Waals surface area contributed by atoms with Crippen molar-refractivity contribution in [3.63, 3.8) is 0 Å². The summed E-state index contributed by atoms with van der Waals surface area (Å²) in [7, 11) is 0. The summed E-state index contributed by atoms with van der Waals surface area (Å²) in [6.45, 7) is 0.671. The van der Waals surface area contributed by atoms with E-state index in [4.69, 9.17) is 11.6 Å². The number of rotatable bonds is 3. The van der Waals surface area contributed by atoms with Gasteiger partial charge >= 0.3 is 0 Å². The summed E-state index contributed by atoms with van der Waals surface area (Å²) in [5.41, 5.74) is 2.04. The smallest absolute Gasteiger partial charge is 0.0764 e. The van der Waals surface area contributed by atoms with Crippen molar-refractivity contribution in [1.82, 2.24) is 5.32 Å². The van der Waals surface area contributed by atoms with Crippen LogP contribution in [0.25, 0.3) is 0 Å². The second-order valence-electron chi connectivity index (χ2n) is 3.25. The van der Waals surface area contributed by atoms with E-state index in [0.717, 1.165) is 5.69 Å². The highest BCUT2D eigenvalue weighted by atomic mass is 35.5. The van der Waals surface area contributed by atoms with Crippen LogP contribution in [-0.4, -0.2) is 0 Å². The molecule has 0 saturated carbocycles. The van der Waals surface area contributed by atoms with Crippen LogP contribution in [0.1, 0.15) is 5.56 Å². The monoisotopic (exact) mass is 216 g/mol. The molecule has 0 atom stereocenters. The Kier molecular flexibility index (Phi) is 3.25. The van der Waals surface area contributed by atoms with Crippen LogP contribution >= 0.6 is 11.6 Å². The van der Waals surface area contributed by atoms with Crippen LogP contribution in [0, 0.1) is 0 Å². The Bertz CT molecular complexity index is 426. The molecule has 0 fully saturated rings. The molecule has 0 heterocycles. The first-order valence-corrected chi connectivity index (χ1v) is 5.20. The van der Waals surface area contributed by atoms with Gasteiger partial charge in [0.05, 0.1) is 17.3 Å². The van der Waals surface area contributed by atoms with Crippen LogP contribution in [0.4, 0.5) is 5.69 Å². The Labute approximate surface area is 94.7 Å². The van der Waals surface area contributed by atoms with Crippen molar-refractivity contribution in [2.45, 2.75) is 6.54 Å². The standard InChI is InChI=1S/C13H11ClN/c14-12-8-4-5-9-13(12)15-10-11-6-2-1-3-7-11/h1-9H,10H2. The van der Waals surface area contributed by atoms with Crippen molar-refractivity contribution < 1.29 is 0 Å². The average molecular weight is 217 g/mol. The third kappa shape index (κ3) is 2.74. The van der Waals surface area contributed by atoms with Crippen LogP contribution in [0.2, 0.25) is 5.02 Å². The fourth-order valence-corrected chi connectivity index (χ4v) is 1.54. The van der Waals surface area contributed by atoms with Gasteiger partial charge in [0, 0.05) is 0 Å². The summed E-state index contributed by atoms with van der Waals surface area (Å²) >= 11 is 6.00. The maximum atomic E-state index is 6.00. The molecule has 2 rings (SSSR count). The van der Waals surface area contributed by atoms with Crippen LogP contribution in [-0.2, 0) is 6.54 Å². The third-order valence-electron chi connectivity index (χ3n) is 2.13. The van der Waals surface area contributed by atoms with E-state index in [0.29, 0.717) is 11.6 Å². The summed E-state index contributed by atoms with van der Waals surface area (Å²) in [6.07, 6.45) is 0. The Hall–Kier alpha value is -1.47. The van der Waals surface area contributed by atoms with E-state index in [2.05, 4.69) is 17.4 Å². The van der Waals surface area contributed by atoms with E-state index in [1.165, 1.54) is 5.56 Å². The molecule has 2 heteroatoms. The maximum Gasteiger partial charge on any atom is 0.0764 e. The lowest BCUT2D eigenvalue weighted by molar-refractivity contribution is 0.864. The third-order valence-corrected chi connectivity index (χ3v) is 2.45. The Morgan fingerprint density at radius 1 is 0.867 bits per heavy atom. The SMILES string of the molecule is Clc1ccccc1[N]Cc1ccccc1. The van der Waals surface area contributed by atoms with Gasteiger partial charge in [0.25, 0.3) is 0 Å². The molecule has 1 radical (unpaired) electrons. The molecule has 0 aliphatic carbocycles. The van der Waals surface area contributed by atoms with Crippen LogP contribution in [0.15, 0.2) is 54.6 Å².